The number of rotatable bonds is 7. The molecule has 1 rings (SSSR count). The molecule has 0 spiro atoms. The van der Waals surface area contributed by atoms with Crippen LogP contribution < -0.4 is 10.0 Å². The fourth-order valence-corrected chi connectivity index (χ4v) is 3.26. The number of benzene rings is 1. The molecule has 4 nitrogen and oxygen atoms in total. The summed E-state index contributed by atoms with van der Waals surface area (Å²) >= 11 is 0. The zero-order valence-electron chi connectivity index (χ0n) is 12.2. The maximum atomic E-state index is 12.2. The Morgan fingerprint density at radius 1 is 1.21 bits per heavy atom. The Morgan fingerprint density at radius 2 is 1.89 bits per heavy atom. The Kier molecular flexibility index (Phi) is 5.97. The van der Waals surface area contributed by atoms with Crippen molar-refractivity contribution in [2.45, 2.75) is 51.1 Å². The summed E-state index contributed by atoms with van der Waals surface area (Å²) in [6.07, 6.45) is 1.67. The standard InChI is InChI=1S/C14H24N2O2S/c1-5-11(3)16-19(17,18)14-8-7-12(6-2)13(9-14)10-15-4/h7-9,11,15-16H,5-6,10H2,1-4H3. The van der Waals surface area contributed by atoms with Crippen molar-refractivity contribution in [2.24, 2.45) is 0 Å². The maximum Gasteiger partial charge on any atom is 0.240 e. The van der Waals surface area contributed by atoms with Gasteiger partial charge in [0.15, 0.2) is 0 Å². The lowest BCUT2D eigenvalue weighted by Gasteiger charge is -2.14. The predicted molar refractivity (Wildman–Crippen MR) is 78.7 cm³/mol. The lowest BCUT2D eigenvalue weighted by Crippen LogP contribution is -2.32. The van der Waals surface area contributed by atoms with E-state index in [9.17, 15) is 8.42 Å². The second-order valence-electron chi connectivity index (χ2n) is 4.74. The molecule has 0 aliphatic rings. The zero-order valence-corrected chi connectivity index (χ0v) is 13.0. The average molecular weight is 284 g/mol. The van der Waals surface area contributed by atoms with Gasteiger partial charge >= 0.3 is 0 Å². The van der Waals surface area contributed by atoms with Gasteiger partial charge in [0.2, 0.25) is 10.0 Å². The average Bonchev–Trinajstić information content (AvgIpc) is 2.38. The van der Waals surface area contributed by atoms with Gasteiger partial charge in [-0.3, -0.25) is 0 Å². The Labute approximate surface area is 116 Å². The Bertz CT molecular complexity index is 512. The van der Waals surface area contributed by atoms with Gasteiger partial charge in [0.25, 0.3) is 0 Å². The molecule has 0 heterocycles. The monoisotopic (exact) mass is 284 g/mol. The summed E-state index contributed by atoms with van der Waals surface area (Å²) in [6, 6.07) is 5.30. The van der Waals surface area contributed by atoms with Crippen LogP contribution in [0, 0.1) is 0 Å². The maximum absolute atomic E-state index is 12.2. The number of sulfonamides is 1. The highest BCUT2D eigenvalue weighted by Gasteiger charge is 2.17. The third-order valence-corrected chi connectivity index (χ3v) is 4.79. The first-order valence-corrected chi connectivity index (χ1v) is 8.21. The van der Waals surface area contributed by atoms with Gasteiger partial charge in [0, 0.05) is 12.6 Å². The molecule has 1 atom stereocenters. The highest BCUT2D eigenvalue weighted by atomic mass is 32.2. The number of hydrogen-bond acceptors (Lipinski definition) is 3. The van der Waals surface area contributed by atoms with Crippen molar-refractivity contribution < 1.29 is 8.42 Å². The minimum atomic E-state index is -3.42. The van der Waals surface area contributed by atoms with Crippen molar-refractivity contribution in [2.75, 3.05) is 7.05 Å². The largest absolute Gasteiger partial charge is 0.316 e. The molecule has 1 unspecified atom stereocenters. The van der Waals surface area contributed by atoms with Crippen LogP contribution in [0.4, 0.5) is 0 Å². The van der Waals surface area contributed by atoms with Crippen molar-refractivity contribution in [1.29, 1.82) is 0 Å². The Hall–Kier alpha value is -0.910. The highest BCUT2D eigenvalue weighted by Crippen LogP contribution is 2.17. The van der Waals surface area contributed by atoms with Crippen LogP contribution in [0.5, 0.6) is 0 Å². The van der Waals surface area contributed by atoms with Crippen LogP contribution in [0.15, 0.2) is 23.1 Å². The van der Waals surface area contributed by atoms with E-state index >= 15 is 0 Å². The van der Waals surface area contributed by atoms with Crippen molar-refractivity contribution in [1.82, 2.24) is 10.0 Å². The first-order chi connectivity index (χ1) is 8.94. The SMILES string of the molecule is CCc1ccc(S(=O)(=O)NC(C)CC)cc1CNC. The van der Waals surface area contributed by atoms with Crippen LogP contribution in [0.2, 0.25) is 0 Å². The molecule has 108 valence electrons. The summed E-state index contributed by atoms with van der Waals surface area (Å²) in [4.78, 5) is 0.343. The molecule has 2 N–H and O–H groups in total. The first kappa shape index (κ1) is 16.1. The van der Waals surface area contributed by atoms with Gasteiger partial charge < -0.3 is 5.32 Å². The van der Waals surface area contributed by atoms with E-state index in [2.05, 4.69) is 17.0 Å². The molecule has 0 bridgehead atoms. The van der Waals surface area contributed by atoms with Gasteiger partial charge in [-0.15, -0.1) is 0 Å². The molecule has 0 aliphatic heterocycles. The molecule has 0 saturated heterocycles. The smallest absolute Gasteiger partial charge is 0.240 e. The number of aryl methyl sites for hydroxylation is 1. The molecule has 0 radical (unpaired) electrons. The normalized spacial score (nSPS) is 13.5. The molecule has 0 aliphatic carbocycles. The molecule has 0 amide bonds. The van der Waals surface area contributed by atoms with Gasteiger partial charge in [-0.05, 0) is 50.1 Å². The molecule has 0 fully saturated rings. The van der Waals surface area contributed by atoms with Crippen LogP contribution in [0.25, 0.3) is 0 Å². The van der Waals surface area contributed by atoms with Gasteiger partial charge in [0.1, 0.15) is 0 Å². The number of hydrogen-bond donors (Lipinski definition) is 2. The summed E-state index contributed by atoms with van der Waals surface area (Å²) in [5.41, 5.74) is 2.22. The summed E-state index contributed by atoms with van der Waals surface area (Å²) in [5, 5.41) is 3.07. The Balaban J connectivity index is 3.10. The van der Waals surface area contributed by atoms with Gasteiger partial charge in [-0.1, -0.05) is 19.9 Å². The predicted octanol–water partition coefficient (Wildman–Crippen LogP) is 2.05. The molecule has 5 heteroatoms. The molecule has 0 saturated carbocycles. The van der Waals surface area contributed by atoms with E-state index in [1.807, 2.05) is 27.0 Å². The molecular formula is C14H24N2O2S. The molecule has 1 aromatic carbocycles. The van der Waals surface area contributed by atoms with E-state index < -0.39 is 10.0 Å². The van der Waals surface area contributed by atoms with E-state index in [4.69, 9.17) is 0 Å². The van der Waals surface area contributed by atoms with Crippen LogP contribution >= 0.6 is 0 Å². The van der Waals surface area contributed by atoms with E-state index in [0.717, 1.165) is 18.4 Å². The summed E-state index contributed by atoms with van der Waals surface area (Å²) < 4.78 is 27.1. The summed E-state index contributed by atoms with van der Waals surface area (Å²) in [7, 11) is -1.56. The molecule has 0 aromatic heterocycles. The zero-order chi connectivity index (χ0) is 14.5. The quantitative estimate of drug-likeness (QED) is 0.805. The van der Waals surface area contributed by atoms with E-state index in [-0.39, 0.29) is 6.04 Å². The van der Waals surface area contributed by atoms with E-state index in [1.54, 1.807) is 12.1 Å². The lowest BCUT2D eigenvalue weighted by atomic mass is 10.1. The third-order valence-electron chi connectivity index (χ3n) is 3.20. The van der Waals surface area contributed by atoms with Gasteiger partial charge in [0.05, 0.1) is 4.90 Å². The van der Waals surface area contributed by atoms with Crippen molar-refractivity contribution in [3.8, 4) is 0 Å². The summed E-state index contributed by atoms with van der Waals surface area (Å²) in [5.74, 6) is 0. The van der Waals surface area contributed by atoms with Crippen LogP contribution in [-0.2, 0) is 23.0 Å². The lowest BCUT2D eigenvalue weighted by molar-refractivity contribution is 0.555. The number of nitrogens with one attached hydrogen (secondary N) is 2. The second kappa shape index (κ2) is 7.03. The minimum absolute atomic E-state index is 0.0522. The highest BCUT2D eigenvalue weighted by molar-refractivity contribution is 7.89. The van der Waals surface area contributed by atoms with E-state index in [0.29, 0.717) is 11.4 Å². The summed E-state index contributed by atoms with van der Waals surface area (Å²) in [6.45, 7) is 6.57. The van der Waals surface area contributed by atoms with Gasteiger partial charge in [-0.25, -0.2) is 13.1 Å². The first-order valence-electron chi connectivity index (χ1n) is 6.73. The minimum Gasteiger partial charge on any atom is -0.316 e. The molecule has 1 aromatic rings. The van der Waals surface area contributed by atoms with Crippen LogP contribution in [-0.4, -0.2) is 21.5 Å². The van der Waals surface area contributed by atoms with Crippen molar-refractivity contribution >= 4 is 10.0 Å². The fourth-order valence-electron chi connectivity index (χ4n) is 1.89. The Morgan fingerprint density at radius 3 is 2.42 bits per heavy atom. The van der Waals surface area contributed by atoms with Crippen LogP contribution in [0.3, 0.4) is 0 Å². The topological polar surface area (TPSA) is 58.2 Å². The van der Waals surface area contributed by atoms with Gasteiger partial charge in [-0.2, -0.15) is 0 Å². The van der Waals surface area contributed by atoms with Crippen molar-refractivity contribution in [3.05, 3.63) is 29.3 Å². The van der Waals surface area contributed by atoms with Crippen LogP contribution in [0.1, 0.15) is 38.3 Å². The third kappa shape index (κ3) is 4.30. The second-order valence-corrected chi connectivity index (χ2v) is 6.46. The molecular weight excluding hydrogens is 260 g/mol. The molecule has 19 heavy (non-hydrogen) atoms. The van der Waals surface area contributed by atoms with Crippen molar-refractivity contribution in [3.63, 3.8) is 0 Å². The fraction of sp³-hybridized carbons (Fsp3) is 0.571. The van der Waals surface area contributed by atoms with E-state index in [1.165, 1.54) is 5.56 Å².